The summed E-state index contributed by atoms with van der Waals surface area (Å²) < 4.78 is 0. The Hall–Kier alpha value is -2.88. The van der Waals surface area contributed by atoms with Gasteiger partial charge in [0.1, 0.15) is 0 Å². The van der Waals surface area contributed by atoms with Crippen LogP contribution >= 0.6 is 0 Å². The van der Waals surface area contributed by atoms with Gasteiger partial charge in [-0.25, -0.2) is 0 Å². The van der Waals surface area contributed by atoms with Gasteiger partial charge in [-0.15, -0.1) is 0 Å². The topological polar surface area (TPSA) is 49.0 Å². The molecule has 2 aromatic carbocycles. The van der Waals surface area contributed by atoms with E-state index < -0.39 is 0 Å². The standard InChI is InChI=1S/C17H13N3O/c1-20-16-5-3-2-4-13(16)14(17(20)21)8-11-6-7-12-10-18-19-15(12)9-11/h2-10H,1H3,(H,18,19)/b14-8+. The van der Waals surface area contributed by atoms with E-state index in [1.807, 2.05) is 48.5 Å². The molecule has 0 saturated heterocycles. The number of likely N-dealkylation sites (N-methyl/N-ethyl adjacent to an activating group) is 1. The van der Waals surface area contributed by atoms with Gasteiger partial charge in [-0.2, -0.15) is 5.10 Å². The largest absolute Gasteiger partial charge is 0.311 e. The van der Waals surface area contributed by atoms with Gasteiger partial charge in [-0.3, -0.25) is 9.89 Å². The molecule has 4 nitrogen and oxygen atoms in total. The zero-order chi connectivity index (χ0) is 14.4. The Kier molecular flexibility index (Phi) is 2.44. The van der Waals surface area contributed by atoms with Crippen molar-refractivity contribution in [2.75, 3.05) is 11.9 Å². The minimum Gasteiger partial charge on any atom is -0.311 e. The first-order valence-corrected chi connectivity index (χ1v) is 6.76. The fourth-order valence-electron chi connectivity index (χ4n) is 2.75. The molecule has 0 radical (unpaired) electrons. The van der Waals surface area contributed by atoms with Crippen molar-refractivity contribution in [1.82, 2.24) is 10.2 Å². The minimum atomic E-state index is 0.0286. The van der Waals surface area contributed by atoms with Gasteiger partial charge in [0.2, 0.25) is 0 Å². The molecule has 2 heterocycles. The molecule has 1 N–H and O–H groups in total. The maximum absolute atomic E-state index is 12.4. The van der Waals surface area contributed by atoms with E-state index >= 15 is 0 Å². The quantitative estimate of drug-likeness (QED) is 0.694. The van der Waals surface area contributed by atoms with E-state index in [-0.39, 0.29) is 5.91 Å². The number of aromatic nitrogens is 2. The molecule has 1 aromatic heterocycles. The van der Waals surface area contributed by atoms with Gasteiger partial charge in [-0.1, -0.05) is 30.3 Å². The maximum atomic E-state index is 12.4. The van der Waals surface area contributed by atoms with Crippen molar-refractivity contribution in [1.29, 1.82) is 0 Å². The van der Waals surface area contributed by atoms with Crippen molar-refractivity contribution in [3.63, 3.8) is 0 Å². The Morgan fingerprint density at radius 3 is 2.95 bits per heavy atom. The summed E-state index contributed by atoms with van der Waals surface area (Å²) >= 11 is 0. The van der Waals surface area contributed by atoms with Crippen molar-refractivity contribution in [3.05, 3.63) is 59.8 Å². The smallest absolute Gasteiger partial charge is 0.258 e. The van der Waals surface area contributed by atoms with Crippen molar-refractivity contribution < 1.29 is 4.79 Å². The number of fused-ring (bicyclic) bond motifs is 2. The summed E-state index contributed by atoms with van der Waals surface area (Å²) in [7, 11) is 1.81. The molecule has 0 spiro atoms. The highest BCUT2D eigenvalue weighted by atomic mass is 16.2. The molecule has 1 aliphatic heterocycles. The Morgan fingerprint density at radius 1 is 1.19 bits per heavy atom. The Bertz CT molecular complexity index is 892. The predicted octanol–water partition coefficient (Wildman–Crippen LogP) is 3.08. The van der Waals surface area contributed by atoms with Crippen LogP contribution in [0.1, 0.15) is 11.1 Å². The van der Waals surface area contributed by atoms with E-state index in [4.69, 9.17) is 0 Å². The summed E-state index contributed by atoms with van der Waals surface area (Å²) in [6.45, 7) is 0. The lowest BCUT2D eigenvalue weighted by molar-refractivity contribution is -0.112. The highest BCUT2D eigenvalue weighted by Crippen LogP contribution is 2.36. The van der Waals surface area contributed by atoms with E-state index in [9.17, 15) is 4.79 Å². The number of hydrogen-bond donors (Lipinski definition) is 1. The van der Waals surface area contributed by atoms with Crippen molar-refractivity contribution in [2.45, 2.75) is 0 Å². The van der Waals surface area contributed by atoms with Crippen LogP contribution in [0.25, 0.3) is 22.6 Å². The molecule has 102 valence electrons. The average Bonchev–Trinajstić information content (AvgIpc) is 3.06. The molecular weight excluding hydrogens is 262 g/mol. The second-order valence-corrected chi connectivity index (χ2v) is 5.16. The van der Waals surface area contributed by atoms with Crippen LogP contribution < -0.4 is 4.90 Å². The number of hydrogen-bond acceptors (Lipinski definition) is 2. The number of H-pyrrole nitrogens is 1. The highest BCUT2D eigenvalue weighted by molar-refractivity contribution is 6.35. The summed E-state index contributed by atoms with van der Waals surface area (Å²) in [6.07, 6.45) is 3.72. The molecule has 0 fully saturated rings. The highest BCUT2D eigenvalue weighted by Gasteiger charge is 2.28. The van der Waals surface area contributed by atoms with Gasteiger partial charge in [-0.05, 0) is 23.8 Å². The van der Waals surface area contributed by atoms with Crippen molar-refractivity contribution in [3.8, 4) is 0 Å². The Balaban J connectivity index is 1.87. The van der Waals surface area contributed by atoms with Gasteiger partial charge in [0, 0.05) is 23.6 Å². The Labute approximate surface area is 121 Å². The van der Waals surface area contributed by atoms with E-state index in [0.717, 1.165) is 33.3 Å². The van der Waals surface area contributed by atoms with Crippen LogP contribution in [0.4, 0.5) is 5.69 Å². The van der Waals surface area contributed by atoms with Gasteiger partial charge < -0.3 is 4.90 Å². The van der Waals surface area contributed by atoms with Gasteiger partial charge in [0.15, 0.2) is 0 Å². The second-order valence-electron chi connectivity index (χ2n) is 5.16. The third-order valence-corrected chi connectivity index (χ3v) is 3.87. The normalized spacial score (nSPS) is 16.0. The van der Waals surface area contributed by atoms with Crippen LogP contribution in [0.15, 0.2) is 48.7 Å². The lowest BCUT2D eigenvalue weighted by Gasteiger charge is -2.07. The van der Waals surface area contributed by atoms with Crippen molar-refractivity contribution in [2.24, 2.45) is 0 Å². The molecule has 0 bridgehead atoms. The zero-order valence-electron chi connectivity index (χ0n) is 11.5. The van der Waals surface area contributed by atoms with E-state index in [2.05, 4.69) is 10.2 Å². The third kappa shape index (κ3) is 1.76. The first-order valence-electron chi connectivity index (χ1n) is 6.76. The monoisotopic (exact) mass is 275 g/mol. The number of carbonyl (C=O) groups is 1. The van der Waals surface area contributed by atoms with E-state index in [1.54, 1.807) is 18.1 Å². The van der Waals surface area contributed by atoms with Crippen LogP contribution in [0.3, 0.4) is 0 Å². The van der Waals surface area contributed by atoms with Crippen LogP contribution in [0.5, 0.6) is 0 Å². The number of nitrogens with zero attached hydrogens (tertiary/aromatic N) is 2. The summed E-state index contributed by atoms with van der Waals surface area (Å²) in [5.41, 5.74) is 4.62. The first kappa shape index (κ1) is 11.9. The molecular formula is C17H13N3O. The van der Waals surface area contributed by atoms with Crippen LogP contribution in [0, 0.1) is 0 Å². The fraction of sp³-hybridized carbons (Fsp3) is 0.0588. The summed E-state index contributed by atoms with van der Waals surface area (Å²) in [5, 5.41) is 8.03. The molecule has 21 heavy (non-hydrogen) atoms. The predicted molar refractivity (Wildman–Crippen MR) is 83.8 cm³/mol. The molecule has 1 aliphatic rings. The number of para-hydroxylation sites is 1. The number of anilines is 1. The molecule has 0 aliphatic carbocycles. The van der Waals surface area contributed by atoms with Gasteiger partial charge >= 0.3 is 0 Å². The minimum absolute atomic E-state index is 0.0286. The number of carbonyl (C=O) groups excluding carboxylic acids is 1. The first-order chi connectivity index (χ1) is 10.2. The summed E-state index contributed by atoms with van der Waals surface area (Å²) in [5.74, 6) is 0.0286. The van der Waals surface area contributed by atoms with Crippen LogP contribution in [-0.4, -0.2) is 23.2 Å². The lowest BCUT2D eigenvalue weighted by Crippen LogP contribution is -2.20. The molecule has 1 amide bonds. The summed E-state index contributed by atoms with van der Waals surface area (Å²) in [4.78, 5) is 14.1. The van der Waals surface area contributed by atoms with Gasteiger partial charge in [0.25, 0.3) is 5.91 Å². The van der Waals surface area contributed by atoms with Crippen molar-refractivity contribution >= 4 is 34.1 Å². The molecule has 0 atom stereocenters. The molecule has 0 saturated carbocycles. The fourth-order valence-corrected chi connectivity index (χ4v) is 2.75. The van der Waals surface area contributed by atoms with E-state index in [1.165, 1.54) is 0 Å². The molecule has 4 rings (SSSR count). The number of nitrogens with one attached hydrogen (secondary N) is 1. The van der Waals surface area contributed by atoms with Gasteiger partial charge in [0.05, 0.1) is 17.4 Å². The lowest BCUT2D eigenvalue weighted by atomic mass is 10.0. The van der Waals surface area contributed by atoms with Crippen LogP contribution in [-0.2, 0) is 4.79 Å². The van der Waals surface area contributed by atoms with E-state index in [0.29, 0.717) is 0 Å². The number of benzene rings is 2. The zero-order valence-corrected chi connectivity index (χ0v) is 11.5. The summed E-state index contributed by atoms with van der Waals surface area (Å²) in [6, 6.07) is 13.9. The number of aromatic amines is 1. The second kappa shape index (κ2) is 4.31. The SMILES string of the molecule is CN1C(=O)/C(=C/c2ccc3cn[nH]c3c2)c2ccccc21. The maximum Gasteiger partial charge on any atom is 0.258 e. The number of amides is 1. The molecule has 3 aromatic rings. The Morgan fingerprint density at radius 2 is 2.05 bits per heavy atom. The number of rotatable bonds is 1. The molecule has 0 unspecified atom stereocenters. The van der Waals surface area contributed by atoms with Crippen LogP contribution in [0.2, 0.25) is 0 Å². The third-order valence-electron chi connectivity index (χ3n) is 3.87. The molecule has 4 heteroatoms. The average molecular weight is 275 g/mol.